The molecule has 3 rings (SSSR count). The first kappa shape index (κ1) is 20.8. The largest absolute Gasteiger partial charge is 0.348 e. The maximum atomic E-state index is 13.1. The van der Waals surface area contributed by atoms with E-state index in [-0.39, 0.29) is 23.6 Å². The number of thiophene rings is 1. The van der Waals surface area contributed by atoms with Crippen LogP contribution in [0, 0.1) is 5.92 Å². The molecule has 1 atom stereocenters. The number of likely N-dealkylation sites (tertiary alicyclic amines) is 1. The van der Waals surface area contributed by atoms with E-state index in [4.69, 9.17) is 0 Å². The SMILES string of the molecule is CN(C)C(=O)CN1CCCN(C(=O)C2CCCN(C(=O)c3cccs3)C2)CC1. The summed E-state index contributed by atoms with van der Waals surface area (Å²) in [6.45, 7) is 4.56. The molecule has 0 bridgehead atoms. The third-order valence-corrected chi connectivity index (χ3v) is 6.41. The van der Waals surface area contributed by atoms with Gasteiger partial charge in [0, 0.05) is 53.4 Å². The maximum absolute atomic E-state index is 13.1. The van der Waals surface area contributed by atoms with Gasteiger partial charge in [0.1, 0.15) is 0 Å². The normalized spacial score (nSPS) is 21.3. The summed E-state index contributed by atoms with van der Waals surface area (Å²) < 4.78 is 0. The lowest BCUT2D eigenvalue weighted by molar-refractivity contribution is -0.136. The summed E-state index contributed by atoms with van der Waals surface area (Å²) in [6.07, 6.45) is 2.58. The van der Waals surface area contributed by atoms with Crippen molar-refractivity contribution in [1.29, 1.82) is 0 Å². The van der Waals surface area contributed by atoms with Crippen LogP contribution >= 0.6 is 11.3 Å². The van der Waals surface area contributed by atoms with Gasteiger partial charge in [0.05, 0.1) is 17.3 Å². The molecule has 28 heavy (non-hydrogen) atoms. The molecule has 0 spiro atoms. The third kappa shape index (κ3) is 5.11. The summed E-state index contributed by atoms with van der Waals surface area (Å²) in [5, 5.41) is 1.91. The van der Waals surface area contributed by atoms with Crippen LogP contribution in [0.1, 0.15) is 28.9 Å². The van der Waals surface area contributed by atoms with Crippen LogP contribution in [0.15, 0.2) is 17.5 Å². The molecule has 2 fully saturated rings. The van der Waals surface area contributed by atoms with E-state index in [1.165, 1.54) is 11.3 Å². The first-order valence-electron chi connectivity index (χ1n) is 10.00. The van der Waals surface area contributed by atoms with Crippen molar-refractivity contribution in [2.75, 3.05) is 59.9 Å². The van der Waals surface area contributed by atoms with E-state index >= 15 is 0 Å². The van der Waals surface area contributed by atoms with Crippen molar-refractivity contribution in [3.63, 3.8) is 0 Å². The monoisotopic (exact) mass is 406 g/mol. The lowest BCUT2D eigenvalue weighted by Crippen LogP contribution is -2.47. The first-order valence-corrected chi connectivity index (χ1v) is 10.9. The van der Waals surface area contributed by atoms with E-state index in [2.05, 4.69) is 4.90 Å². The number of nitrogens with zero attached hydrogens (tertiary/aromatic N) is 4. The van der Waals surface area contributed by atoms with Crippen molar-refractivity contribution in [3.05, 3.63) is 22.4 Å². The number of piperidine rings is 1. The topological polar surface area (TPSA) is 64.2 Å². The number of carbonyl (C=O) groups excluding carboxylic acids is 3. The van der Waals surface area contributed by atoms with E-state index in [0.717, 1.165) is 50.3 Å². The fourth-order valence-corrected chi connectivity index (χ4v) is 4.55. The molecule has 1 aromatic heterocycles. The van der Waals surface area contributed by atoms with Gasteiger partial charge in [-0.1, -0.05) is 6.07 Å². The summed E-state index contributed by atoms with van der Waals surface area (Å²) in [5.41, 5.74) is 0. The van der Waals surface area contributed by atoms with E-state index in [1.807, 2.05) is 27.3 Å². The Kier molecular flexibility index (Phi) is 7.07. The Bertz CT molecular complexity index is 692. The van der Waals surface area contributed by atoms with Gasteiger partial charge in [-0.05, 0) is 30.7 Å². The Hall–Kier alpha value is -1.93. The van der Waals surface area contributed by atoms with Gasteiger partial charge in [0.15, 0.2) is 0 Å². The van der Waals surface area contributed by atoms with Gasteiger partial charge in [-0.2, -0.15) is 0 Å². The van der Waals surface area contributed by atoms with Gasteiger partial charge in [-0.15, -0.1) is 11.3 Å². The van der Waals surface area contributed by atoms with Gasteiger partial charge >= 0.3 is 0 Å². The predicted octanol–water partition coefficient (Wildman–Crippen LogP) is 1.22. The van der Waals surface area contributed by atoms with Crippen LogP contribution in [-0.4, -0.2) is 97.2 Å². The average Bonchev–Trinajstić information content (AvgIpc) is 3.14. The van der Waals surface area contributed by atoms with Crippen LogP contribution in [0.25, 0.3) is 0 Å². The molecular formula is C20H30N4O3S. The molecule has 0 aromatic carbocycles. The molecule has 2 saturated heterocycles. The summed E-state index contributed by atoms with van der Waals surface area (Å²) >= 11 is 1.45. The third-order valence-electron chi connectivity index (χ3n) is 5.55. The van der Waals surface area contributed by atoms with Crippen LogP contribution in [-0.2, 0) is 9.59 Å². The fraction of sp³-hybridized carbons (Fsp3) is 0.650. The minimum Gasteiger partial charge on any atom is -0.348 e. The lowest BCUT2D eigenvalue weighted by Gasteiger charge is -2.34. The number of amides is 3. The molecule has 7 nitrogen and oxygen atoms in total. The highest BCUT2D eigenvalue weighted by molar-refractivity contribution is 7.12. The van der Waals surface area contributed by atoms with Crippen molar-refractivity contribution in [2.24, 2.45) is 5.92 Å². The molecule has 1 aromatic rings. The van der Waals surface area contributed by atoms with Crippen molar-refractivity contribution in [2.45, 2.75) is 19.3 Å². The molecule has 0 N–H and O–H groups in total. The van der Waals surface area contributed by atoms with Gasteiger partial charge in [-0.25, -0.2) is 0 Å². The molecule has 2 aliphatic rings. The molecule has 154 valence electrons. The van der Waals surface area contributed by atoms with Crippen LogP contribution in [0.3, 0.4) is 0 Å². The van der Waals surface area contributed by atoms with Crippen LogP contribution in [0.4, 0.5) is 0 Å². The Morgan fingerprint density at radius 2 is 1.86 bits per heavy atom. The molecule has 3 heterocycles. The second-order valence-electron chi connectivity index (χ2n) is 7.81. The summed E-state index contributed by atoms with van der Waals surface area (Å²) in [4.78, 5) is 45.9. The highest BCUT2D eigenvalue weighted by Gasteiger charge is 2.32. The molecule has 3 amide bonds. The van der Waals surface area contributed by atoms with Gasteiger partial charge < -0.3 is 14.7 Å². The highest BCUT2D eigenvalue weighted by Crippen LogP contribution is 2.22. The second kappa shape index (κ2) is 9.52. The van der Waals surface area contributed by atoms with Gasteiger partial charge in [0.25, 0.3) is 5.91 Å². The zero-order chi connectivity index (χ0) is 20.1. The fourth-order valence-electron chi connectivity index (χ4n) is 3.86. The number of hydrogen-bond acceptors (Lipinski definition) is 5. The summed E-state index contributed by atoms with van der Waals surface area (Å²) in [6, 6.07) is 3.73. The molecule has 0 radical (unpaired) electrons. The summed E-state index contributed by atoms with van der Waals surface area (Å²) in [5.74, 6) is 0.170. The van der Waals surface area contributed by atoms with E-state index < -0.39 is 0 Å². The molecule has 0 saturated carbocycles. The zero-order valence-corrected chi connectivity index (χ0v) is 17.6. The first-order chi connectivity index (χ1) is 13.5. The van der Waals surface area contributed by atoms with E-state index in [9.17, 15) is 14.4 Å². The quantitative estimate of drug-likeness (QED) is 0.754. The maximum Gasteiger partial charge on any atom is 0.263 e. The zero-order valence-electron chi connectivity index (χ0n) is 16.8. The Balaban J connectivity index is 1.54. The van der Waals surface area contributed by atoms with Crippen LogP contribution < -0.4 is 0 Å². The standard InChI is InChI=1S/C20H30N4O3S/c1-21(2)18(25)15-22-8-5-10-23(12-11-22)19(26)16-6-3-9-24(14-16)20(27)17-7-4-13-28-17/h4,7,13,16H,3,5-6,8-12,14-15H2,1-2H3. The molecule has 1 unspecified atom stereocenters. The molecule has 8 heteroatoms. The molecule has 0 aliphatic carbocycles. The smallest absolute Gasteiger partial charge is 0.263 e. The molecular weight excluding hydrogens is 376 g/mol. The van der Waals surface area contributed by atoms with Crippen LogP contribution in [0.2, 0.25) is 0 Å². The highest BCUT2D eigenvalue weighted by atomic mass is 32.1. The number of carbonyl (C=O) groups is 3. The van der Waals surface area contributed by atoms with Crippen molar-refractivity contribution in [3.8, 4) is 0 Å². The second-order valence-corrected chi connectivity index (χ2v) is 8.76. The molecule has 2 aliphatic heterocycles. The number of rotatable bonds is 4. The van der Waals surface area contributed by atoms with Gasteiger partial charge in [0.2, 0.25) is 11.8 Å². The Morgan fingerprint density at radius 3 is 2.57 bits per heavy atom. The predicted molar refractivity (Wildman–Crippen MR) is 109 cm³/mol. The Labute approximate surface area is 170 Å². The minimum atomic E-state index is -0.118. The van der Waals surface area contributed by atoms with E-state index in [0.29, 0.717) is 19.6 Å². The minimum absolute atomic E-state index is 0.0386. The van der Waals surface area contributed by atoms with Crippen molar-refractivity contribution in [1.82, 2.24) is 19.6 Å². The number of likely N-dealkylation sites (N-methyl/N-ethyl adjacent to an activating group) is 1. The van der Waals surface area contributed by atoms with E-state index in [1.54, 1.807) is 19.0 Å². The number of hydrogen-bond donors (Lipinski definition) is 0. The van der Waals surface area contributed by atoms with Crippen LogP contribution in [0.5, 0.6) is 0 Å². The summed E-state index contributed by atoms with van der Waals surface area (Å²) in [7, 11) is 3.53. The average molecular weight is 407 g/mol. The van der Waals surface area contributed by atoms with Gasteiger partial charge in [-0.3, -0.25) is 19.3 Å². The lowest BCUT2D eigenvalue weighted by atomic mass is 9.96. The van der Waals surface area contributed by atoms with Crippen molar-refractivity contribution < 1.29 is 14.4 Å². The Morgan fingerprint density at radius 1 is 1.07 bits per heavy atom. The van der Waals surface area contributed by atoms with Crippen molar-refractivity contribution >= 4 is 29.1 Å².